The number of phenolic OH excluding ortho intramolecular Hbond substituents is 1. The molecule has 0 bridgehead atoms. The highest BCUT2D eigenvalue weighted by Crippen LogP contribution is 2.27. The molecule has 0 radical (unpaired) electrons. The van der Waals surface area contributed by atoms with Gasteiger partial charge in [-0.2, -0.15) is 0 Å². The van der Waals surface area contributed by atoms with Crippen molar-refractivity contribution in [1.82, 2.24) is 0 Å². The van der Waals surface area contributed by atoms with E-state index >= 15 is 0 Å². The van der Waals surface area contributed by atoms with Gasteiger partial charge in [0.2, 0.25) is 0 Å². The van der Waals surface area contributed by atoms with Gasteiger partial charge in [-0.25, -0.2) is 9.18 Å². The molecule has 0 aliphatic rings. The second-order valence-electron chi connectivity index (χ2n) is 5.89. The molecule has 6 heteroatoms. The normalized spacial score (nSPS) is 10.8. The molecule has 0 aliphatic heterocycles. The van der Waals surface area contributed by atoms with Crippen LogP contribution in [0.15, 0.2) is 51.7 Å². The average molecular weight is 356 g/mol. The molecule has 3 rings (SSSR count). The molecule has 1 aromatic heterocycles. The molecule has 0 amide bonds. The van der Waals surface area contributed by atoms with E-state index in [0.29, 0.717) is 28.5 Å². The number of aryl methyl sites for hydroxylation is 1. The van der Waals surface area contributed by atoms with Crippen molar-refractivity contribution in [2.24, 2.45) is 0 Å². The number of hydrogen-bond donors (Lipinski definition) is 1. The van der Waals surface area contributed by atoms with E-state index in [2.05, 4.69) is 0 Å². The number of esters is 1. The molecule has 0 saturated carbocycles. The summed E-state index contributed by atoms with van der Waals surface area (Å²) in [4.78, 5) is 23.7. The highest BCUT2D eigenvalue weighted by atomic mass is 19.1. The zero-order valence-electron chi connectivity index (χ0n) is 14.1. The summed E-state index contributed by atoms with van der Waals surface area (Å²) < 4.78 is 23.5. The van der Waals surface area contributed by atoms with Gasteiger partial charge in [-0.05, 0) is 35.7 Å². The minimum atomic E-state index is -0.600. The van der Waals surface area contributed by atoms with E-state index in [4.69, 9.17) is 9.15 Å². The van der Waals surface area contributed by atoms with Gasteiger partial charge in [0.25, 0.3) is 0 Å². The number of ether oxygens (including phenoxy) is 1. The fraction of sp³-hybridized carbons (Fsp3) is 0.200. The van der Waals surface area contributed by atoms with Crippen LogP contribution in [-0.2, 0) is 29.0 Å². The van der Waals surface area contributed by atoms with Gasteiger partial charge in [0, 0.05) is 23.1 Å². The highest BCUT2D eigenvalue weighted by molar-refractivity contribution is 5.83. The number of fused-ring (bicyclic) bond motifs is 1. The molecular weight excluding hydrogens is 339 g/mol. The molecule has 1 heterocycles. The van der Waals surface area contributed by atoms with Crippen molar-refractivity contribution in [1.29, 1.82) is 0 Å². The number of carbonyl (C=O) groups excluding carboxylic acids is 1. The van der Waals surface area contributed by atoms with Gasteiger partial charge >= 0.3 is 11.6 Å². The van der Waals surface area contributed by atoms with E-state index < -0.39 is 17.4 Å². The molecule has 3 aromatic rings. The SMILES string of the molecule is CCc1cc2c(COC(=O)Cc3cccc(F)c3)cc(=O)oc2cc1O. The predicted molar refractivity (Wildman–Crippen MR) is 93.4 cm³/mol. The van der Waals surface area contributed by atoms with Crippen molar-refractivity contribution in [3.05, 3.63) is 75.4 Å². The smallest absolute Gasteiger partial charge is 0.336 e. The van der Waals surface area contributed by atoms with Crippen LogP contribution in [0.4, 0.5) is 4.39 Å². The number of halogens is 1. The van der Waals surface area contributed by atoms with Gasteiger partial charge in [-0.15, -0.1) is 0 Å². The van der Waals surface area contributed by atoms with Crippen LogP contribution in [0, 0.1) is 5.82 Å². The Morgan fingerprint density at radius 1 is 1.19 bits per heavy atom. The van der Waals surface area contributed by atoms with Crippen molar-refractivity contribution >= 4 is 16.9 Å². The first-order valence-electron chi connectivity index (χ1n) is 8.15. The topological polar surface area (TPSA) is 76.7 Å². The second-order valence-corrected chi connectivity index (χ2v) is 5.89. The van der Waals surface area contributed by atoms with Crippen LogP contribution in [-0.4, -0.2) is 11.1 Å². The highest BCUT2D eigenvalue weighted by Gasteiger charge is 2.12. The third-order valence-electron chi connectivity index (χ3n) is 4.04. The van der Waals surface area contributed by atoms with Gasteiger partial charge < -0.3 is 14.3 Å². The summed E-state index contributed by atoms with van der Waals surface area (Å²) in [7, 11) is 0. The quantitative estimate of drug-likeness (QED) is 0.559. The summed E-state index contributed by atoms with van der Waals surface area (Å²) >= 11 is 0. The molecule has 0 atom stereocenters. The van der Waals surface area contributed by atoms with Gasteiger partial charge in [0.15, 0.2) is 0 Å². The first-order valence-corrected chi connectivity index (χ1v) is 8.15. The molecule has 1 N–H and O–H groups in total. The number of phenols is 1. The Balaban J connectivity index is 1.81. The molecule has 26 heavy (non-hydrogen) atoms. The molecule has 2 aromatic carbocycles. The van der Waals surface area contributed by atoms with E-state index in [1.165, 1.54) is 30.3 Å². The van der Waals surface area contributed by atoms with Gasteiger partial charge in [-0.1, -0.05) is 19.1 Å². The van der Waals surface area contributed by atoms with Crippen molar-refractivity contribution in [2.45, 2.75) is 26.4 Å². The number of aromatic hydroxyl groups is 1. The second kappa shape index (κ2) is 7.39. The zero-order chi connectivity index (χ0) is 18.7. The maximum absolute atomic E-state index is 13.2. The van der Waals surface area contributed by atoms with Crippen LogP contribution < -0.4 is 5.63 Å². The van der Waals surface area contributed by atoms with Crippen LogP contribution >= 0.6 is 0 Å². The molecule has 0 saturated heterocycles. The minimum absolute atomic E-state index is 0.0448. The van der Waals surface area contributed by atoms with Gasteiger partial charge in [0.05, 0.1) is 6.42 Å². The summed E-state index contributed by atoms with van der Waals surface area (Å²) in [6.07, 6.45) is 0.526. The fourth-order valence-electron chi connectivity index (χ4n) is 2.73. The van der Waals surface area contributed by atoms with Gasteiger partial charge in [-0.3, -0.25) is 4.79 Å². The van der Waals surface area contributed by atoms with Crippen molar-refractivity contribution in [3.8, 4) is 5.75 Å². The first-order chi connectivity index (χ1) is 12.5. The monoisotopic (exact) mass is 356 g/mol. The number of carbonyl (C=O) groups is 1. The van der Waals surface area contributed by atoms with E-state index in [0.717, 1.165) is 0 Å². The molecular formula is C20H17FO5. The molecule has 5 nitrogen and oxygen atoms in total. The Bertz CT molecular complexity index is 1020. The van der Waals surface area contributed by atoms with Crippen LogP contribution in [0.1, 0.15) is 23.6 Å². The van der Waals surface area contributed by atoms with Crippen LogP contribution in [0.25, 0.3) is 11.0 Å². The van der Waals surface area contributed by atoms with Crippen molar-refractivity contribution in [3.63, 3.8) is 0 Å². The minimum Gasteiger partial charge on any atom is -0.508 e. The average Bonchev–Trinajstić information content (AvgIpc) is 2.59. The fourth-order valence-corrected chi connectivity index (χ4v) is 2.73. The lowest BCUT2D eigenvalue weighted by Crippen LogP contribution is -2.10. The third kappa shape index (κ3) is 3.91. The van der Waals surface area contributed by atoms with E-state index in [1.54, 1.807) is 12.1 Å². The van der Waals surface area contributed by atoms with E-state index in [-0.39, 0.29) is 24.4 Å². The Hall–Kier alpha value is -3.15. The Kier molecular flexibility index (Phi) is 5.02. The summed E-state index contributed by atoms with van der Waals surface area (Å²) in [5.74, 6) is -0.913. The summed E-state index contributed by atoms with van der Waals surface area (Å²) in [6, 6.07) is 10.1. The van der Waals surface area contributed by atoms with E-state index in [1.807, 2.05) is 6.92 Å². The molecule has 0 spiro atoms. The van der Waals surface area contributed by atoms with Crippen LogP contribution in [0.5, 0.6) is 5.75 Å². The van der Waals surface area contributed by atoms with Crippen LogP contribution in [0.3, 0.4) is 0 Å². The summed E-state index contributed by atoms with van der Waals surface area (Å²) in [5.41, 5.74) is 1.31. The first kappa shape index (κ1) is 17.7. The zero-order valence-corrected chi connectivity index (χ0v) is 14.1. The molecule has 0 aliphatic carbocycles. The predicted octanol–water partition coefficient (Wildman–Crippen LogP) is 3.49. The Morgan fingerprint density at radius 2 is 2.00 bits per heavy atom. The lowest BCUT2D eigenvalue weighted by molar-refractivity contribution is -0.144. The number of benzene rings is 2. The van der Waals surface area contributed by atoms with Crippen molar-refractivity contribution in [2.75, 3.05) is 0 Å². The largest absolute Gasteiger partial charge is 0.508 e. The summed E-state index contributed by atoms with van der Waals surface area (Å²) in [5, 5.41) is 10.5. The maximum Gasteiger partial charge on any atom is 0.336 e. The number of hydrogen-bond acceptors (Lipinski definition) is 5. The number of rotatable bonds is 5. The summed E-state index contributed by atoms with van der Waals surface area (Å²) in [6.45, 7) is 1.77. The standard InChI is InChI=1S/C20H17FO5/c1-2-13-8-16-14(9-20(24)26-18(16)10-17(13)22)11-25-19(23)7-12-4-3-5-15(21)6-12/h3-6,8-10,22H,2,7,11H2,1H3. The lowest BCUT2D eigenvalue weighted by Gasteiger charge is -2.09. The van der Waals surface area contributed by atoms with Crippen LogP contribution in [0.2, 0.25) is 0 Å². The lowest BCUT2D eigenvalue weighted by atomic mass is 10.0. The van der Waals surface area contributed by atoms with E-state index in [9.17, 15) is 19.1 Å². The van der Waals surface area contributed by atoms with Crippen molar-refractivity contribution < 1.29 is 23.4 Å². The molecule has 0 unspecified atom stereocenters. The van der Waals surface area contributed by atoms with Gasteiger partial charge in [0.1, 0.15) is 23.8 Å². The molecule has 134 valence electrons. The maximum atomic E-state index is 13.2. The third-order valence-corrected chi connectivity index (χ3v) is 4.04. The Labute approximate surface area is 148 Å². The molecule has 0 fully saturated rings. The Morgan fingerprint density at radius 3 is 2.73 bits per heavy atom.